The van der Waals surface area contributed by atoms with Gasteiger partial charge in [-0.15, -0.1) is 9.79 Å². The molecule has 16 heavy (non-hydrogen) atoms. The maximum Gasteiger partial charge on any atom is 0.692 e. The molecule has 0 heterocycles. The Balaban J connectivity index is 0.000000487. The zero-order valence-electron chi connectivity index (χ0n) is 8.75. The lowest BCUT2D eigenvalue weighted by atomic mass is 10.2. The van der Waals surface area contributed by atoms with E-state index in [9.17, 15) is 10.1 Å². The number of rotatable bonds is 2. The first kappa shape index (κ1) is 14.4. The van der Waals surface area contributed by atoms with Crippen molar-refractivity contribution in [1.82, 2.24) is 0 Å². The largest absolute Gasteiger partial charge is 0.692 e. The fraction of sp³-hybridized carbons (Fsp3) is 0.250. The summed E-state index contributed by atoms with van der Waals surface area (Å²) in [7, 11) is -1.21. The minimum absolute atomic E-state index is 0.123. The summed E-state index contributed by atoms with van der Waals surface area (Å²) in [5, 5.41) is 13.3. The van der Waals surface area contributed by atoms with Crippen LogP contribution in [0, 0.1) is 17.0 Å². The van der Waals surface area contributed by atoms with Crippen molar-refractivity contribution in [2.24, 2.45) is 0 Å². The van der Waals surface area contributed by atoms with E-state index in [1.165, 1.54) is 0 Å². The van der Waals surface area contributed by atoms with E-state index in [0.717, 1.165) is 5.56 Å². The van der Waals surface area contributed by atoms with Crippen LogP contribution in [0.3, 0.4) is 0 Å². The molecule has 0 aliphatic heterocycles. The van der Waals surface area contributed by atoms with Gasteiger partial charge in [-0.3, -0.25) is 10.1 Å². The molecular formula is C8H12N2O5P+. The van der Waals surface area contributed by atoms with Crippen molar-refractivity contribution in [3.05, 3.63) is 33.9 Å². The lowest BCUT2D eigenvalue weighted by Crippen LogP contribution is -1.96. The molecule has 88 valence electrons. The molecule has 3 N–H and O–H groups in total. The summed E-state index contributed by atoms with van der Waals surface area (Å²) < 4.78 is 8.70. The molecule has 0 atom stereocenters. The first-order valence-electron chi connectivity index (χ1n) is 4.16. The molecule has 0 amide bonds. The molecule has 1 rings (SSSR count). The second-order valence-corrected chi connectivity index (χ2v) is 3.29. The third-order valence-corrected chi connectivity index (χ3v) is 1.62. The van der Waals surface area contributed by atoms with E-state index in [0.29, 0.717) is 5.69 Å². The fourth-order valence-corrected chi connectivity index (χ4v) is 1.00. The minimum Gasteiger partial charge on any atom is -0.383 e. The molecule has 7 nitrogen and oxygen atoms in total. The van der Waals surface area contributed by atoms with Gasteiger partial charge in [0.25, 0.3) is 5.69 Å². The van der Waals surface area contributed by atoms with Crippen LogP contribution in [0.5, 0.6) is 0 Å². The third kappa shape index (κ3) is 5.35. The van der Waals surface area contributed by atoms with Crippen molar-refractivity contribution < 1.29 is 19.3 Å². The van der Waals surface area contributed by atoms with Gasteiger partial charge in [0.15, 0.2) is 0 Å². The van der Waals surface area contributed by atoms with Crippen molar-refractivity contribution in [3.63, 3.8) is 0 Å². The number of benzene rings is 1. The van der Waals surface area contributed by atoms with Gasteiger partial charge in [0, 0.05) is 17.7 Å². The number of hydrogen-bond donors (Lipinski definition) is 3. The standard InChI is InChI=1S/C8H10N2O2.HO3P/c1-6-3-4-7(9-2)8(5-6)10(11)12;1-4(2)3/h3-5,9H,1-2H3;(H-,1,2,3)/p+1. The van der Waals surface area contributed by atoms with E-state index >= 15 is 0 Å². The van der Waals surface area contributed by atoms with E-state index in [1.807, 2.05) is 13.0 Å². The monoisotopic (exact) mass is 247 g/mol. The maximum atomic E-state index is 10.5. The number of aryl methyl sites for hydroxylation is 1. The minimum atomic E-state index is -2.87. The molecule has 0 aliphatic carbocycles. The molecule has 1 aromatic carbocycles. The lowest BCUT2D eigenvalue weighted by Gasteiger charge is -2.01. The van der Waals surface area contributed by atoms with Crippen LogP contribution in [0.15, 0.2) is 18.2 Å². The summed E-state index contributed by atoms with van der Waals surface area (Å²) in [5.41, 5.74) is 1.56. The molecule has 0 saturated heterocycles. The molecule has 0 fully saturated rings. The van der Waals surface area contributed by atoms with Crippen LogP contribution in [-0.2, 0) is 4.57 Å². The van der Waals surface area contributed by atoms with E-state index in [1.54, 1.807) is 19.2 Å². The first-order valence-corrected chi connectivity index (χ1v) is 5.32. The van der Waals surface area contributed by atoms with E-state index < -0.39 is 13.2 Å². The van der Waals surface area contributed by atoms with Crippen molar-refractivity contribution in [2.45, 2.75) is 6.92 Å². The molecule has 0 radical (unpaired) electrons. The van der Waals surface area contributed by atoms with Crippen molar-refractivity contribution in [2.75, 3.05) is 12.4 Å². The molecule has 0 unspecified atom stereocenters. The highest BCUT2D eigenvalue weighted by Crippen LogP contribution is 2.24. The molecule has 0 aliphatic rings. The Morgan fingerprint density at radius 3 is 2.31 bits per heavy atom. The van der Waals surface area contributed by atoms with E-state index in [-0.39, 0.29) is 5.69 Å². The smallest absolute Gasteiger partial charge is 0.383 e. The Hall–Kier alpha value is -1.56. The number of nitrogens with zero attached hydrogens (tertiary/aromatic N) is 1. The van der Waals surface area contributed by atoms with E-state index in [4.69, 9.17) is 14.4 Å². The van der Waals surface area contributed by atoms with Crippen LogP contribution >= 0.6 is 8.25 Å². The molecular weight excluding hydrogens is 235 g/mol. The number of hydrogen-bond acceptors (Lipinski definition) is 4. The average molecular weight is 247 g/mol. The highest BCUT2D eigenvalue weighted by atomic mass is 31.1. The lowest BCUT2D eigenvalue weighted by molar-refractivity contribution is -0.384. The summed E-state index contributed by atoms with van der Waals surface area (Å²) in [6, 6.07) is 5.08. The first-order chi connectivity index (χ1) is 7.38. The van der Waals surface area contributed by atoms with Gasteiger partial charge in [-0.05, 0) is 18.6 Å². The van der Waals surface area contributed by atoms with Gasteiger partial charge in [0.2, 0.25) is 0 Å². The van der Waals surface area contributed by atoms with Crippen LogP contribution in [0.4, 0.5) is 11.4 Å². The van der Waals surface area contributed by atoms with Crippen LogP contribution in [0.2, 0.25) is 0 Å². The van der Waals surface area contributed by atoms with Gasteiger partial charge < -0.3 is 5.32 Å². The maximum absolute atomic E-state index is 10.5. The van der Waals surface area contributed by atoms with E-state index in [2.05, 4.69) is 5.32 Å². The van der Waals surface area contributed by atoms with Crippen molar-refractivity contribution >= 4 is 19.6 Å². The molecule has 0 saturated carbocycles. The molecule has 0 bridgehead atoms. The summed E-state index contributed by atoms with van der Waals surface area (Å²) >= 11 is 0. The Kier molecular flexibility index (Phi) is 6.17. The quantitative estimate of drug-likeness (QED) is 0.415. The molecule has 0 spiro atoms. The number of nitro benzene ring substituents is 1. The third-order valence-electron chi connectivity index (χ3n) is 1.62. The highest BCUT2D eigenvalue weighted by molar-refractivity contribution is 7.30. The predicted octanol–water partition coefficient (Wildman–Crippen LogP) is 1.57. The van der Waals surface area contributed by atoms with Gasteiger partial charge in [0.1, 0.15) is 5.69 Å². The van der Waals surface area contributed by atoms with Crippen LogP contribution < -0.4 is 5.32 Å². The number of nitrogens with one attached hydrogen (secondary N) is 1. The van der Waals surface area contributed by atoms with Gasteiger partial charge in [-0.1, -0.05) is 6.07 Å². The SMILES string of the molecule is CNc1ccc(C)cc1[N+](=O)[O-].O=[P+](O)O. The Bertz CT molecular complexity index is 392. The predicted molar refractivity (Wildman–Crippen MR) is 59.4 cm³/mol. The summed E-state index contributed by atoms with van der Waals surface area (Å²) in [6.07, 6.45) is 0. The Morgan fingerprint density at radius 1 is 1.44 bits per heavy atom. The van der Waals surface area contributed by atoms with Gasteiger partial charge in [-0.2, -0.15) is 0 Å². The van der Waals surface area contributed by atoms with Gasteiger partial charge >= 0.3 is 8.25 Å². The van der Waals surface area contributed by atoms with Crippen LogP contribution in [-0.4, -0.2) is 21.8 Å². The summed E-state index contributed by atoms with van der Waals surface area (Å²) in [4.78, 5) is 24.3. The Labute approximate surface area is 92.8 Å². The average Bonchev–Trinajstić information content (AvgIpc) is 2.16. The number of anilines is 1. The van der Waals surface area contributed by atoms with Crippen molar-refractivity contribution in [1.29, 1.82) is 0 Å². The van der Waals surface area contributed by atoms with Crippen LogP contribution in [0.25, 0.3) is 0 Å². The zero-order valence-corrected chi connectivity index (χ0v) is 9.64. The molecule has 8 heteroatoms. The normalized spacial score (nSPS) is 8.75. The van der Waals surface area contributed by atoms with Gasteiger partial charge in [-0.25, -0.2) is 0 Å². The number of nitro groups is 1. The topological polar surface area (TPSA) is 113 Å². The molecule has 1 aromatic rings. The summed E-state index contributed by atoms with van der Waals surface area (Å²) in [6.45, 7) is 1.83. The fourth-order valence-electron chi connectivity index (χ4n) is 1.00. The molecule has 0 aromatic heterocycles. The van der Waals surface area contributed by atoms with Gasteiger partial charge in [0.05, 0.1) is 4.92 Å². The summed E-state index contributed by atoms with van der Waals surface area (Å²) in [5.74, 6) is 0. The Morgan fingerprint density at radius 2 is 1.94 bits per heavy atom. The highest BCUT2D eigenvalue weighted by Gasteiger charge is 2.11. The second kappa shape index (κ2) is 6.84. The van der Waals surface area contributed by atoms with Crippen LogP contribution in [0.1, 0.15) is 5.56 Å². The zero-order chi connectivity index (χ0) is 12.7. The van der Waals surface area contributed by atoms with Crippen molar-refractivity contribution in [3.8, 4) is 0 Å². The second-order valence-electron chi connectivity index (χ2n) is 2.78.